The van der Waals surface area contributed by atoms with Gasteiger partial charge in [0.2, 0.25) is 0 Å². The molecule has 0 aliphatic heterocycles. The van der Waals surface area contributed by atoms with Crippen molar-refractivity contribution >= 4 is 15.9 Å². The molecular formula is C13H11BrF2N2O2. The Balaban J connectivity index is 2.44. The number of hydrogen-bond donors (Lipinski definition) is 1. The standard InChI is InChI=1S/C13H11BrF2N2O2/c1-20-6-9-10(14)13(19)18-12(17-9)8-4-2-7(3-5-8)11(15)16/h2-5,11H,6H2,1H3,(H,17,18,19). The van der Waals surface area contributed by atoms with Crippen molar-refractivity contribution in [2.24, 2.45) is 0 Å². The number of rotatable bonds is 4. The fraction of sp³-hybridized carbons (Fsp3) is 0.231. The molecule has 0 atom stereocenters. The average molecular weight is 345 g/mol. The van der Waals surface area contributed by atoms with E-state index in [0.717, 1.165) is 0 Å². The van der Waals surface area contributed by atoms with Crippen LogP contribution in [0.3, 0.4) is 0 Å². The molecule has 1 heterocycles. The highest BCUT2D eigenvalue weighted by Crippen LogP contribution is 2.22. The number of aromatic nitrogens is 2. The van der Waals surface area contributed by atoms with Crippen LogP contribution >= 0.6 is 15.9 Å². The summed E-state index contributed by atoms with van der Waals surface area (Å²) in [5.74, 6) is 0.311. The lowest BCUT2D eigenvalue weighted by molar-refractivity contribution is 0.151. The third-order valence-corrected chi connectivity index (χ3v) is 3.47. The van der Waals surface area contributed by atoms with Gasteiger partial charge >= 0.3 is 0 Å². The second-order valence-corrected chi connectivity index (χ2v) is 4.82. The fourth-order valence-electron chi connectivity index (χ4n) is 1.66. The van der Waals surface area contributed by atoms with E-state index in [0.29, 0.717) is 21.6 Å². The molecule has 2 aromatic rings. The number of ether oxygens (including phenoxy) is 1. The second kappa shape index (κ2) is 6.23. The summed E-state index contributed by atoms with van der Waals surface area (Å²) in [6.45, 7) is 0.173. The summed E-state index contributed by atoms with van der Waals surface area (Å²) in [4.78, 5) is 18.6. The van der Waals surface area contributed by atoms with Crippen LogP contribution in [0.5, 0.6) is 0 Å². The number of nitrogens with zero attached hydrogens (tertiary/aromatic N) is 1. The highest BCUT2D eigenvalue weighted by molar-refractivity contribution is 9.10. The Bertz CT molecular complexity index is 656. The Morgan fingerprint density at radius 1 is 1.35 bits per heavy atom. The summed E-state index contributed by atoms with van der Waals surface area (Å²) < 4.78 is 30.2. The minimum Gasteiger partial charge on any atom is -0.378 e. The third kappa shape index (κ3) is 3.10. The first-order valence-electron chi connectivity index (χ1n) is 5.69. The fourth-order valence-corrected chi connectivity index (χ4v) is 1.96. The Hall–Kier alpha value is -1.60. The molecule has 0 amide bonds. The number of alkyl halides is 2. The topological polar surface area (TPSA) is 55.0 Å². The zero-order valence-corrected chi connectivity index (χ0v) is 12.1. The number of halogens is 3. The maximum atomic E-state index is 12.5. The van der Waals surface area contributed by atoms with Gasteiger partial charge in [0.05, 0.1) is 12.3 Å². The number of benzene rings is 1. The van der Waals surface area contributed by atoms with Gasteiger partial charge in [-0.05, 0) is 15.9 Å². The summed E-state index contributed by atoms with van der Waals surface area (Å²) in [5.41, 5.74) is 0.575. The summed E-state index contributed by atoms with van der Waals surface area (Å²) in [7, 11) is 1.49. The molecule has 0 unspecified atom stereocenters. The van der Waals surface area contributed by atoms with Gasteiger partial charge in [-0.1, -0.05) is 24.3 Å². The first kappa shape index (κ1) is 14.8. The van der Waals surface area contributed by atoms with Crippen LogP contribution in [0, 0.1) is 0 Å². The lowest BCUT2D eigenvalue weighted by atomic mass is 10.1. The van der Waals surface area contributed by atoms with Gasteiger partial charge in [0.15, 0.2) is 0 Å². The van der Waals surface area contributed by atoms with Crippen molar-refractivity contribution in [3.63, 3.8) is 0 Å². The van der Waals surface area contributed by atoms with Crippen LogP contribution in [-0.2, 0) is 11.3 Å². The summed E-state index contributed by atoms with van der Waals surface area (Å²) in [6.07, 6.45) is -2.52. The summed E-state index contributed by atoms with van der Waals surface area (Å²) >= 11 is 3.13. The third-order valence-electron chi connectivity index (χ3n) is 2.65. The van der Waals surface area contributed by atoms with E-state index in [9.17, 15) is 13.6 Å². The largest absolute Gasteiger partial charge is 0.378 e. The molecule has 106 valence electrons. The van der Waals surface area contributed by atoms with Crippen molar-refractivity contribution in [2.75, 3.05) is 7.11 Å². The molecule has 0 radical (unpaired) electrons. The van der Waals surface area contributed by atoms with Crippen molar-refractivity contribution in [3.8, 4) is 11.4 Å². The molecule has 0 fully saturated rings. The predicted molar refractivity (Wildman–Crippen MR) is 73.7 cm³/mol. The zero-order valence-electron chi connectivity index (χ0n) is 10.5. The predicted octanol–water partition coefficient (Wildman–Crippen LogP) is 3.28. The molecule has 1 N–H and O–H groups in total. The van der Waals surface area contributed by atoms with Gasteiger partial charge < -0.3 is 9.72 Å². The van der Waals surface area contributed by atoms with E-state index in [1.165, 1.54) is 31.4 Å². The van der Waals surface area contributed by atoms with Crippen LogP contribution in [0.15, 0.2) is 33.5 Å². The van der Waals surface area contributed by atoms with Crippen LogP contribution < -0.4 is 5.56 Å². The molecule has 1 aromatic heterocycles. The number of H-pyrrole nitrogens is 1. The number of hydrogen-bond acceptors (Lipinski definition) is 3. The van der Waals surface area contributed by atoms with Gasteiger partial charge in [-0.25, -0.2) is 13.8 Å². The molecule has 20 heavy (non-hydrogen) atoms. The van der Waals surface area contributed by atoms with Crippen LogP contribution in [0.25, 0.3) is 11.4 Å². The quantitative estimate of drug-likeness (QED) is 0.925. The molecule has 2 rings (SSSR count). The lowest BCUT2D eigenvalue weighted by Gasteiger charge is -2.07. The normalized spacial score (nSPS) is 11.1. The maximum Gasteiger partial charge on any atom is 0.265 e. The van der Waals surface area contributed by atoms with E-state index in [-0.39, 0.29) is 17.7 Å². The van der Waals surface area contributed by atoms with Crippen molar-refractivity contribution in [1.82, 2.24) is 9.97 Å². The van der Waals surface area contributed by atoms with Crippen LogP contribution in [0.1, 0.15) is 17.7 Å². The molecule has 4 nitrogen and oxygen atoms in total. The zero-order chi connectivity index (χ0) is 14.7. The highest BCUT2D eigenvalue weighted by atomic mass is 79.9. The Kier molecular flexibility index (Phi) is 4.61. The van der Waals surface area contributed by atoms with Crippen LogP contribution in [0.2, 0.25) is 0 Å². The van der Waals surface area contributed by atoms with Gasteiger partial charge in [0.25, 0.3) is 12.0 Å². The minimum atomic E-state index is -2.52. The average Bonchev–Trinajstić information content (AvgIpc) is 2.44. The van der Waals surface area contributed by atoms with E-state index in [2.05, 4.69) is 25.9 Å². The van der Waals surface area contributed by atoms with Crippen molar-refractivity contribution in [1.29, 1.82) is 0 Å². The molecule has 0 spiro atoms. The van der Waals surface area contributed by atoms with Crippen molar-refractivity contribution < 1.29 is 13.5 Å². The second-order valence-electron chi connectivity index (χ2n) is 4.03. The first-order valence-corrected chi connectivity index (χ1v) is 6.48. The van der Waals surface area contributed by atoms with Gasteiger partial charge in [-0.2, -0.15) is 0 Å². The summed E-state index contributed by atoms with van der Waals surface area (Å²) in [5, 5.41) is 0. The molecule has 1 aromatic carbocycles. The van der Waals surface area contributed by atoms with E-state index >= 15 is 0 Å². The molecule has 0 saturated heterocycles. The van der Waals surface area contributed by atoms with Crippen LogP contribution in [-0.4, -0.2) is 17.1 Å². The van der Waals surface area contributed by atoms with Crippen molar-refractivity contribution in [3.05, 3.63) is 50.3 Å². The van der Waals surface area contributed by atoms with Gasteiger partial charge in [-0.3, -0.25) is 4.79 Å². The van der Waals surface area contributed by atoms with E-state index in [1.54, 1.807) is 0 Å². The van der Waals surface area contributed by atoms with Crippen LogP contribution in [0.4, 0.5) is 8.78 Å². The first-order chi connectivity index (χ1) is 9.52. The maximum absolute atomic E-state index is 12.5. The molecule has 0 aliphatic rings. The monoisotopic (exact) mass is 344 g/mol. The lowest BCUT2D eigenvalue weighted by Crippen LogP contribution is -2.14. The Morgan fingerprint density at radius 2 is 2.00 bits per heavy atom. The molecule has 0 aliphatic carbocycles. The highest BCUT2D eigenvalue weighted by Gasteiger charge is 2.11. The van der Waals surface area contributed by atoms with E-state index < -0.39 is 6.43 Å². The summed E-state index contributed by atoms with van der Waals surface area (Å²) in [6, 6.07) is 5.59. The number of aromatic amines is 1. The molecule has 0 bridgehead atoms. The van der Waals surface area contributed by atoms with Gasteiger partial charge in [0, 0.05) is 18.2 Å². The minimum absolute atomic E-state index is 0.0784. The smallest absolute Gasteiger partial charge is 0.265 e. The van der Waals surface area contributed by atoms with Crippen molar-refractivity contribution in [2.45, 2.75) is 13.0 Å². The Labute approximate surface area is 121 Å². The molecule has 7 heteroatoms. The number of methoxy groups -OCH3 is 1. The number of nitrogens with one attached hydrogen (secondary N) is 1. The molecule has 0 saturated carbocycles. The van der Waals surface area contributed by atoms with Gasteiger partial charge in [0.1, 0.15) is 10.3 Å². The van der Waals surface area contributed by atoms with E-state index in [4.69, 9.17) is 4.74 Å². The SMILES string of the molecule is COCc1nc(-c2ccc(C(F)F)cc2)[nH]c(=O)c1Br. The van der Waals surface area contributed by atoms with E-state index in [1.807, 2.05) is 0 Å². The Morgan fingerprint density at radius 3 is 2.55 bits per heavy atom. The molecular weight excluding hydrogens is 334 g/mol. The van der Waals surface area contributed by atoms with Gasteiger partial charge in [-0.15, -0.1) is 0 Å².